The van der Waals surface area contributed by atoms with Crippen LogP contribution in [0.4, 0.5) is 0 Å². The Morgan fingerprint density at radius 2 is 1.55 bits per heavy atom. The van der Waals surface area contributed by atoms with E-state index in [1.54, 1.807) is 18.6 Å². The van der Waals surface area contributed by atoms with Crippen molar-refractivity contribution in [3.63, 3.8) is 0 Å². The quantitative estimate of drug-likeness (QED) is 0.912. The number of aromatic nitrogens is 4. The molecule has 0 atom stereocenters. The molecule has 0 bridgehead atoms. The summed E-state index contributed by atoms with van der Waals surface area (Å²) in [6, 6.07) is 0. The number of hydrogen-bond acceptors (Lipinski definition) is 4. The number of halogens is 1. The summed E-state index contributed by atoms with van der Waals surface area (Å²) >= 11 is 3.22. The van der Waals surface area contributed by atoms with Gasteiger partial charge >= 0.3 is 0 Å². The minimum absolute atomic E-state index is 0.149. The largest absolute Gasteiger partial charge is 0.326 e. The van der Waals surface area contributed by atoms with Gasteiger partial charge in [-0.2, -0.15) is 0 Å². The van der Waals surface area contributed by atoms with E-state index < -0.39 is 0 Å². The molecule has 2 aromatic rings. The highest BCUT2D eigenvalue weighted by molar-refractivity contribution is 9.10. The van der Waals surface area contributed by atoms with Crippen LogP contribution in [0.1, 0.15) is 50.9 Å². The topological polar surface area (TPSA) is 71.5 Å². The summed E-state index contributed by atoms with van der Waals surface area (Å²) in [7, 11) is 0. The molecule has 20 heavy (non-hydrogen) atoms. The second kappa shape index (κ2) is 7.89. The van der Waals surface area contributed by atoms with Gasteiger partial charge in [0.05, 0.1) is 23.8 Å². The van der Waals surface area contributed by atoms with E-state index in [9.17, 15) is 4.79 Å². The third-order valence-electron chi connectivity index (χ3n) is 2.52. The molecule has 0 aromatic carbocycles. The molecule has 0 aliphatic rings. The Kier molecular flexibility index (Phi) is 6.51. The summed E-state index contributed by atoms with van der Waals surface area (Å²) < 4.78 is 0.789. The van der Waals surface area contributed by atoms with Crippen molar-refractivity contribution < 1.29 is 0 Å². The fourth-order valence-electron chi connectivity index (χ4n) is 1.29. The van der Waals surface area contributed by atoms with Crippen molar-refractivity contribution in [1.29, 1.82) is 0 Å². The standard InChI is InChI=1S/C7H9BrN2.C7H10N2O/c1-5(2)6-3-10-7(8)4-9-6;1-5(2)6-3-9-7(10)4-8-6/h3-5H,1-2H3;3-5H,1-2H3,(H,9,10). The van der Waals surface area contributed by atoms with E-state index in [1.165, 1.54) is 6.20 Å². The van der Waals surface area contributed by atoms with Gasteiger partial charge in [-0.25, -0.2) is 4.98 Å². The predicted molar refractivity (Wildman–Crippen MR) is 82.8 cm³/mol. The summed E-state index contributed by atoms with van der Waals surface area (Å²) in [4.78, 5) is 25.2. The second-order valence-corrected chi connectivity index (χ2v) is 5.72. The molecule has 6 heteroatoms. The van der Waals surface area contributed by atoms with E-state index in [4.69, 9.17) is 0 Å². The lowest BCUT2D eigenvalue weighted by molar-refractivity contribution is 0.807. The lowest BCUT2D eigenvalue weighted by Gasteiger charge is -2.00. The van der Waals surface area contributed by atoms with Gasteiger partial charge in [0.15, 0.2) is 0 Å². The van der Waals surface area contributed by atoms with Gasteiger partial charge in [-0.05, 0) is 27.8 Å². The molecular weight excluding hydrogens is 320 g/mol. The van der Waals surface area contributed by atoms with E-state index in [1.807, 2.05) is 13.8 Å². The van der Waals surface area contributed by atoms with E-state index in [0.717, 1.165) is 16.0 Å². The Hall–Kier alpha value is -1.56. The Labute approximate surface area is 127 Å². The lowest BCUT2D eigenvalue weighted by Crippen LogP contribution is -2.06. The molecule has 0 amide bonds. The molecule has 0 fully saturated rings. The molecule has 2 aromatic heterocycles. The maximum Gasteiger partial charge on any atom is 0.266 e. The molecule has 2 heterocycles. The van der Waals surface area contributed by atoms with Gasteiger partial charge < -0.3 is 4.98 Å². The van der Waals surface area contributed by atoms with Gasteiger partial charge in [0.2, 0.25) is 0 Å². The van der Waals surface area contributed by atoms with E-state index in [-0.39, 0.29) is 5.56 Å². The van der Waals surface area contributed by atoms with Crippen molar-refractivity contribution in [3.05, 3.63) is 51.1 Å². The molecule has 0 radical (unpaired) electrons. The van der Waals surface area contributed by atoms with Crippen molar-refractivity contribution in [2.24, 2.45) is 0 Å². The SMILES string of the molecule is CC(C)c1c[nH]c(=O)cn1.CC(C)c1cnc(Br)cn1. The normalized spacial score (nSPS) is 10.3. The van der Waals surface area contributed by atoms with Crippen LogP contribution < -0.4 is 5.56 Å². The zero-order valence-electron chi connectivity index (χ0n) is 12.1. The summed E-state index contributed by atoms with van der Waals surface area (Å²) in [5.74, 6) is 0.831. The van der Waals surface area contributed by atoms with Crippen LogP contribution in [0, 0.1) is 0 Å². The van der Waals surface area contributed by atoms with Crippen molar-refractivity contribution in [2.45, 2.75) is 39.5 Å². The van der Waals surface area contributed by atoms with Gasteiger partial charge in [-0.1, -0.05) is 27.7 Å². The summed E-state index contributed by atoms with van der Waals surface area (Å²) in [6.07, 6.45) is 6.45. The van der Waals surface area contributed by atoms with Crippen LogP contribution in [-0.4, -0.2) is 19.9 Å². The monoisotopic (exact) mass is 338 g/mol. The van der Waals surface area contributed by atoms with Gasteiger partial charge in [0.25, 0.3) is 5.56 Å². The average molecular weight is 339 g/mol. The van der Waals surface area contributed by atoms with Gasteiger partial charge in [-0.3, -0.25) is 14.8 Å². The zero-order chi connectivity index (χ0) is 15.1. The minimum Gasteiger partial charge on any atom is -0.326 e. The third kappa shape index (κ3) is 5.61. The maximum absolute atomic E-state index is 10.5. The number of H-pyrrole nitrogens is 1. The van der Waals surface area contributed by atoms with E-state index >= 15 is 0 Å². The van der Waals surface area contributed by atoms with Crippen LogP contribution in [-0.2, 0) is 0 Å². The van der Waals surface area contributed by atoms with Crippen LogP contribution in [0.15, 0.2) is 34.2 Å². The molecule has 2 rings (SSSR count). The fourth-order valence-corrected chi connectivity index (χ4v) is 1.49. The Balaban J connectivity index is 0.000000200. The molecule has 0 aliphatic carbocycles. The molecule has 0 unspecified atom stereocenters. The van der Waals surface area contributed by atoms with Crippen LogP contribution in [0.25, 0.3) is 0 Å². The van der Waals surface area contributed by atoms with Crippen LogP contribution in [0.5, 0.6) is 0 Å². The number of hydrogen-bond donors (Lipinski definition) is 1. The van der Waals surface area contributed by atoms with Crippen LogP contribution >= 0.6 is 15.9 Å². The van der Waals surface area contributed by atoms with Gasteiger partial charge in [0, 0.05) is 12.4 Å². The number of aromatic amines is 1. The first-order chi connectivity index (χ1) is 9.40. The molecule has 0 saturated carbocycles. The summed E-state index contributed by atoms with van der Waals surface area (Å²) in [5, 5.41) is 0. The van der Waals surface area contributed by atoms with Crippen LogP contribution in [0.3, 0.4) is 0 Å². The molecule has 108 valence electrons. The van der Waals surface area contributed by atoms with Crippen molar-refractivity contribution in [1.82, 2.24) is 19.9 Å². The molecule has 1 N–H and O–H groups in total. The number of rotatable bonds is 2. The summed E-state index contributed by atoms with van der Waals surface area (Å²) in [5.41, 5.74) is 1.80. The molecule has 0 saturated heterocycles. The second-order valence-electron chi connectivity index (χ2n) is 4.91. The Morgan fingerprint density at radius 1 is 0.950 bits per heavy atom. The highest BCUT2D eigenvalue weighted by Crippen LogP contribution is 2.10. The molecule has 5 nitrogen and oxygen atoms in total. The fraction of sp³-hybridized carbons (Fsp3) is 0.429. The van der Waals surface area contributed by atoms with Gasteiger partial charge in [0.1, 0.15) is 4.60 Å². The van der Waals surface area contributed by atoms with Crippen molar-refractivity contribution in [2.75, 3.05) is 0 Å². The number of nitrogens with zero attached hydrogens (tertiary/aromatic N) is 3. The zero-order valence-corrected chi connectivity index (χ0v) is 13.7. The van der Waals surface area contributed by atoms with Crippen molar-refractivity contribution >= 4 is 15.9 Å². The van der Waals surface area contributed by atoms with E-state index in [2.05, 4.69) is 49.7 Å². The first kappa shape index (κ1) is 16.5. The smallest absolute Gasteiger partial charge is 0.266 e. The predicted octanol–water partition coefficient (Wildman–Crippen LogP) is 3.26. The number of nitrogens with one attached hydrogen (secondary N) is 1. The van der Waals surface area contributed by atoms with Gasteiger partial charge in [-0.15, -0.1) is 0 Å². The minimum atomic E-state index is -0.149. The highest BCUT2D eigenvalue weighted by Gasteiger charge is 1.99. The molecule has 0 spiro atoms. The third-order valence-corrected chi connectivity index (χ3v) is 2.93. The Bertz CT molecular complexity index is 558. The van der Waals surface area contributed by atoms with Crippen molar-refractivity contribution in [3.8, 4) is 0 Å². The Morgan fingerprint density at radius 3 is 1.95 bits per heavy atom. The lowest BCUT2D eigenvalue weighted by atomic mass is 10.1. The first-order valence-corrected chi connectivity index (χ1v) is 7.21. The molecule has 0 aliphatic heterocycles. The first-order valence-electron chi connectivity index (χ1n) is 6.42. The maximum atomic E-state index is 10.5. The van der Waals surface area contributed by atoms with Crippen LogP contribution in [0.2, 0.25) is 0 Å². The average Bonchev–Trinajstić information content (AvgIpc) is 2.40. The van der Waals surface area contributed by atoms with E-state index in [0.29, 0.717) is 11.8 Å². The summed E-state index contributed by atoms with van der Waals surface area (Å²) in [6.45, 7) is 8.25. The molecular formula is C14H19BrN4O. The highest BCUT2D eigenvalue weighted by atomic mass is 79.9.